The molecule has 1 N–H and O–H groups in total. The largest absolute Gasteiger partial charge is 0.465 e. The second-order valence-electron chi connectivity index (χ2n) is 4.46. The van der Waals surface area contributed by atoms with Gasteiger partial charge in [-0.05, 0) is 32.0 Å². The van der Waals surface area contributed by atoms with Crippen molar-refractivity contribution in [1.82, 2.24) is 5.32 Å². The second-order valence-corrected chi connectivity index (χ2v) is 4.46. The fourth-order valence-corrected chi connectivity index (χ4v) is 1.82. The summed E-state index contributed by atoms with van der Waals surface area (Å²) in [6.45, 7) is 6.21. The van der Waals surface area contributed by atoms with Crippen molar-refractivity contribution in [1.29, 1.82) is 0 Å². The molecule has 92 valence electrons. The molecule has 16 heavy (non-hydrogen) atoms. The van der Waals surface area contributed by atoms with E-state index in [1.165, 1.54) is 38.5 Å². The van der Waals surface area contributed by atoms with E-state index in [-0.39, 0.29) is 0 Å². The minimum atomic E-state index is 0.864. The average Bonchev–Trinajstić information content (AvgIpc) is 2.68. The first-order valence-corrected chi connectivity index (χ1v) is 6.59. The van der Waals surface area contributed by atoms with E-state index in [4.69, 9.17) is 4.42 Å². The highest BCUT2D eigenvalue weighted by molar-refractivity contribution is 5.04. The van der Waals surface area contributed by atoms with Crippen LogP contribution in [0.1, 0.15) is 57.0 Å². The maximum absolute atomic E-state index is 5.48. The van der Waals surface area contributed by atoms with Gasteiger partial charge in [0, 0.05) is 0 Å². The van der Waals surface area contributed by atoms with Crippen molar-refractivity contribution < 1.29 is 4.42 Å². The van der Waals surface area contributed by atoms with Crippen molar-refractivity contribution in [2.45, 2.75) is 58.9 Å². The normalized spacial score (nSPS) is 10.9. The van der Waals surface area contributed by atoms with E-state index in [0.29, 0.717) is 0 Å². The minimum Gasteiger partial charge on any atom is -0.465 e. The predicted molar refractivity (Wildman–Crippen MR) is 68.5 cm³/mol. The third-order valence-corrected chi connectivity index (χ3v) is 2.80. The lowest BCUT2D eigenvalue weighted by atomic mass is 10.1. The number of aryl methyl sites for hydroxylation is 1. The van der Waals surface area contributed by atoms with Crippen LogP contribution in [0.15, 0.2) is 16.5 Å². The van der Waals surface area contributed by atoms with Gasteiger partial charge in [0.05, 0.1) is 6.54 Å². The lowest BCUT2D eigenvalue weighted by Gasteiger charge is -2.02. The minimum absolute atomic E-state index is 0.864. The first-order valence-electron chi connectivity index (χ1n) is 6.59. The molecular weight excluding hydrogens is 198 g/mol. The van der Waals surface area contributed by atoms with E-state index < -0.39 is 0 Å². The van der Waals surface area contributed by atoms with Gasteiger partial charge < -0.3 is 9.73 Å². The molecule has 1 aromatic heterocycles. The molecular formula is C14H25NO. The molecule has 0 bridgehead atoms. The van der Waals surface area contributed by atoms with Gasteiger partial charge in [-0.3, -0.25) is 0 Å². The van der Waals surface area contributed by atoms with E-state index in [2.05, 4.69) is 12.2 Å². The van der Waals surface area contributed by atoms with E-state index in [1.807, 2.05) is 19.1 Å². The highest BCUT2D eigenvalue weighted by Crippen LogP contribution is 2.06. The molecule has 0 saturated heterocycles. The molecule has 0 amide bonds. The average molecular weight is 223 g/mol. The Kier molecular flexibility index (Phi) is 6.98. The zero-order chi connectivity index (χ0) is 11.6. The Morgan fingerprint density at radius 2 is 1.81 bits per heavy atom. The van der Waals surface area contributed by atoms with E-state index in [1.54, 1.807) is 0 Å². The lowest BCUT2D eigenvalue weighted by Crippen LogP contribution is -2.14. The van der Waals surface area contributed by atoms with Crippen LogP contribution in [0.5, 0.6) is 0 Å². The summed E-state index contributed by atoms with van der Waals surface area (Å²) in [6.07, 6.45) is 8.13. The molecule has 0 aliphatic heterocycles. The molecule has 2 nitrogen and oxygen atoms in total. The Morgan fingerprint density at radius 1 is 1.06 bits per heavy atom. The number of furan rings is 1. The Hall–Kier alpha value is -0.760. The third-order valence-electron chi connectivity index (χ3n) is 2.80. The van der Waals surface area contributed by atoms with Crippen LogP contribution in [-0.2, 0) is 6.54 Å². The van der Waals surface area contributed by atoms with Crippen molar-refractivity contribution in [2.24, 2.45) is 0 Å². The molecule has 0 saturated carbocycles. The van der Waals surface area contributed by atoms with Crippen LogP contribution >= 0.6 is 0 Å². The fourth-order valence-electron chi connectivity index (χ4n) is 1.82. The first-order chi connectivity index (χ1) is 7.83. The van der Waals surface area contributed by atoms with Crippen LogP contribution in [-0.4, -0.2) is 6.54 Å². The number of hydrogen-bond donors (Lipinski definition) is 1. The van der Waals surface area contributed by atoms with Gasteiger partial charge in [-0.25, -0.2) is 0 Å². The molecule has 0 aliphatic carbocycles. The number of nitrogens with one attached hydrogen (secondary N) is 1. The quantitative estimate of drug-likeness (QED) is 0.639. The van der Waals surface area contributed by atoms with Crippen molar-refractivity contribution in [2.75, 3.05) is 6.54 Å². The van der Waals surface area contributed by atoms with Gasteiger partial charge in [0.2, 0.25) is 0 Å². The molecule has 0 aliphatic rings. The molecule has 0 radical (unpaired) electrons. The summed E-state index contributed by atoms with van der Waals surface area (Å²) in [5.74, 6) is 2.04. The van der Waals surface area contributed by atoms with Crippen LogP contribution in [0.3, 0.4) is 0 Å². The number of unbranched alkanes of at least 4 members (excludes halogenated alkanes) is 5. The van der Waals surface area contributed by atoms with Gasteiger partial charge in [-0.2, -0.15) is 0 Å². The topological polar surface area (TPSA) is 25.2 Å². The van der Waals surface area contributed by atoms with Crippen molar-refractivity contribution >= 4 is 0 Å². The summed E-state index contributed by atoms with van der Waals surface area (Å²) >= 11 is 0. The van der Waals surface area contributed by atoms with Gasteiger partial charge in [-0.1, -0.05) is 39.0 Å². The SMILES string of the molecule is CCCCCCCCNCc1ccc(C)o1. The molecule has 0 unspecified atom stereocenters. The van der Waals surface area contributed by atoms with E-state index >= 15 is 0 Å². The zero-order valence-electron chi connectivity index (χ0n) is 10.7. The van der Waals surface area contributed by atoms with E-state index in [0.717, 1.165) is 24.6 Å². The third kappa shape index (κ3) is 5.96. The summed E-state index contributed by atoms with van der Waals surface area (Å²) in [5, 5.41) is 3.41. The molecule has 1 rings (SSSR count). The van der Waals surface area contributed by atoms with Gasteiger partial charge in [0.15, 0.2) is 0 Å². The van der Waals surface area contributed by atoms with Crippen LogP contribution in [0.2, 0.25) is 0 Å². The molecule has 0 aromatic carbocycles. The van der Waals surface area contributed by atoms with Crippen LogP contribution < -0.4 is 5.32 Å². The highest BCUT2D eigenvalue weighted by Gasteiger charge is 1.97. The molecule has 0 fully saturated rings. The maximum Gasteiger partial charge on any atom is 0.117 e. The molecule has 2 heteroatoms. The van der Waals surface area contributed by atoms with Gasteiger partial charge >= 0.3 is 0 Å². The second kappa shape index (κ2) is 8.40. The smallest absolute Gasteiger partial charge is 0.117 e. The van der Waals surface area contributed by atoms with Crippen LogP contribution in [0.25, 0.3) is 0 Å². The first kappa shape index (κ1) is 13.3. The zero-order valence-corrected chi connectivity index (χ0v) is 10.7. The monoisotopic (exact) mass is 223 g/mol. The van der Waals surface area contributed by atoms with Gasteiger partial charge in [0.25, 0.3) is 0 Å². The standard InChI is InChI=1S/C14H25NO/c1-3-4-5-6-7-8-11-15-12-14-10-9-13(2)16-14/h9-10,15H,3-8,11-12H2,1-2H3. The van der Waals surface area contributed by atoms with Crippen molar-refractivity contribution in [3.63, 3.8) is 0 Å². The highest BCUT2D eigenvalue weighted by atomic mass is 16.3. The Bertz CT molecular complexity index is 267. The summed E-state index contributed by atoms with van der Waals surface area (Å²) in [7, 11) is 0. The predicted octanol–water partition coefficient (Wildman–Crippen LogP) is 4.04. The van der Waals surface area contributed by atoms with Crippen LogP contribution in [0, 0.1) is 6.92 Å². The molecule has 0 atom stereocenters. The lowest BCUT2D eigenvalue weighted by molar-refractivity contribution is 0.457. The summed E-state index contributed by atoms with van der Waals surface area (Å²) in [4.78, 5) is 0. The number of hydrogen-bond acceptors (Lipinski definition) is 2. The summed E-state index contributed by atoms with van der Waals surface area (Å²) in [6, 6.07) is 4.06. The Morgan fingerprint density at radius 3 is 2.50 bits per heavy atom. The molecule has 0 spiro atoms. The summed E-state index contributed by atoms with van der Waals surface area (Å²) in [5.41, 5.74) is 0. The van der Waals surface area contributed by atoms with Crippen molar-refractivity contribution in [3.8, 4) is 0 Å². The molecule has 1 aromatic rings. The Balaban J connectivity index is 1.88. The van der Waals surface area contributed by atoms with Gasteiger partial charge in [-0.15, -0.1) is 0 Å². The van der Waals surface area contributed by atoms with Crippen molar-refractivity contribution in [3.05, 3.63) is 23.7 Å². The fraction of sp³-hybridized carbons (Fsp3) is 0.714. The van der Waals surface area contributed by atoms with E-state index in [9.17, 15) is 0 Å². The van der Waals surface area contributed by atoms with Gasteiger partial charge in [0.1, 0.15) is 11.5 Å². The Labute approximate surface area is 99.4 Å². The molecule has 1 heterocycles. The number of rotatable bonds is 9. The summed E-state index contributed by atoms with van der Waals surface area (Å²) < 4.78 is 5.48. The maximum atomic E-state index is 5.48. The van der Waals surface area contributed by atoms with Crippen LogP contribution in [0.4, 0.5) is 0 Å².